The number of hydrogen-bond donors (Lipinski definition) is 1. The number of ether oxygens (including phenoxy) is 1. The summed E-state index contributed by atoms with van der Waals surface area (Å²) in [5, 5.41) is 0. The van der Waals surface area contributed by atoms with Crippen molar-refractivity contribution in [3.63, 3.8) is 0 Å². The van der Waals surface area contributed by atoms with Gasteiger partial charge in [-0.25, -0.2) is 14.8 Å². The zero-order chi connectivity index (χ0) is 13.4. The Hall–Kier alpha value is -1.69. The van der Waals surface area contributed by atoms with Crippen LogP contribution in [0.5, 0.6) is 0 Å². The number of aromatic nitrogens is 2. The molecular formula is C13H18N4O2. The number of anilines is 1. The molecule has 2 bridgehead atoms. The van der Waals surface area contributed by atoms with Crippen LogP contribution in [-0.2, 0) is 4.74 Å². The summed E-state index contributed by atoms with van der Waals surface area (Å²) in [4.78, 5) is 22.1. The fourth-order valence-electron chi connectivity index (χ4n) is 3.28. The van der Waals surface area contributed by atoms with Crippen LogP contribution in [0.15, 0.2) is 12.3 Å². The van der Waals surface area contributed by atoms with E-state index in [2.05, 4.69) is 19.6 Å². The molecule has 1 aromatic rings. The molecule has 2 unspecified atom stereocenters. The molecule has 6 nitrogen and oxygen atoms in total. The standard InChI is InChI=1S/C13H18N4O2/c1-19-13(18)12-15-5-4-11(16-12)17-9-2-3-10(17)7-8(14)6-9/h4-5,8-10H,2-3,6-7,14H2,1H3. The molecule has 3 rings (SSSR count). The summed E-state index contributed by atoms with van der Waals surface area (Å²) in [7, 11) is 1.34. The molecule has 0 radical (unpaired) electrons. The molecule has 0 saturated carbocycles. The average molecular weight is 262 g/mol. The topological polar surface area (TPSA) is 81.3 Å². The van der Waals surface area contributed by atoms with E-state index in [9.17, 15) is 4.79 Å². The van der Waals surface area contributed by atoms with Gasteiger partial charge in [0.25, 0.3) is 0 Å². The maximum atomic E-state index is 11.5. The van der Waals surface area contributed by atoms with Gasteiger partial charge >= 0.3 is 5.97 Å². The SMILES string of the molecule is COC(=O)c1nccc(N2C3CCC2CC(N)C3)n1. The number of rotatable bonds is 2. The Labute approximate surface area is 112 Å². The van der Waals surface area contributed by atoms with Crippen LogP contribution in [0.3, 0.4) is 0 Å². The van der Waals surface area contributed by atoms with Crippen LogP contribution in [0.4, 0.5) is 5.82 Å². The summed E-state index contributed by atoms with van der Waals surface area (Å²) < 4.78 is 4.66. The molecule has 0 aromatic carbocycles. The fraction of sp³-hybridized carbons (Fsp3) is 0.615. The second-order valence-corrected chi connectivity index (χ2v) is 5.25. The normalized spacial score (nSPS) is 29.4. The fourth-order valence-corrected chi connectivity index (χ4v) is 3.28. The number of nitrogens with zero attached hydrogens (tertiary/aromatic N) is 3. The van der Waals surface area contributed by atoms with E-state index in [1.165, 1.54) is 7.11 Å². The maximum absolute atomic E-state index is 11.5. The second kappa shape index (κ2) is 4.77. The number of carbonyl (C=O) groups is 1. The minimum absolute atomic E-state index is 0.120. The van der Waals surface area contributed by atoms with Crippen molar-refractivity contribution < 1.29 is 9.53 Å². The number of piperidine rings is 1. The largest absolute Gasteiger partial charge is 0.463 e. The lowest BCUT2D eigenvalue weighted by Gasteiger charge is -2.38. The third-order valence-corrected chi connectivity index (χ3v) is 4.04. The van der Waals surface area contributed by atoms with E-state index in [-0.39, 0.29) is 11.9 Å². The molecule has 0 amide bonds. The minimum Gasteiger partial charge on any atom is -0.463 e. The quantitative estimate of drug-likeness (QED) is 0.791. The van der Waals surface area contributed by atoms with Gasteiger partial charge in [0.15, 0.2) is 0 Å². The Bertz CT molecular complexity index is 479. The molecule has 6 heteroatoms. The first-order valence-electron chi connectivity index (χ1n) is 6.64. The van der Waals surface area contributed by atoms with Gasteiger partial charge in [0.05, 0.1) is 7.11 Å². The van der Waals surface area contributed by atoms with E-state index >= 15 is 0 Å². The molecule has 1 aromatic heterocycles. The lowest BCUT2D eigenvalue weighted by Crippen LogP contribution is -2.48. The molecule has 2 N–H and O–H groups in total. The number of fused-ring (bicyclic) bond motifs is 2. The van der Waals surface area contributed by atoms with E-state index in [0.717, 1.165) is 31.5 Å². The van der Waals surface area contributed by atoms with Crippen molar-refractivity contribution in [1.82, 2.24) is 9.97 Å². The van der Waals surface area contributed by atoms with E-state index in [1.807, 2.05) is 6.07 Å². The Morgan fingerprint density at radius 2 is 2.11 bits per heavy atom. The molecule has 2 fully saturated rings. The molecule has 19 heavy (non-hydrogen) atoms. The summed E-state index contributed by atoms with van der Waals surface area (Å²) in [5.41, 5.74) is 6.06. The minimum atomic E-state index is -0.497. The van der Waals surface area contributed by atoms with Crippen LogP contribution >= 0.6 is 0 Å². The van der Waals surface area contributed by atoms with Crippen molar-refractivity contribution in [3.8, 4) is 0 Å². The van der Waals surface area contributed by atoms with Crippen LogP contribution in [-0.4, -0.2) is 41.2 Å². The van der Waals surface area contributed by atoms with Crippen molar-refractivity contribution >= 4 is 11.8 Å². The van der Waals surface area contributed by atoms with Crippen molar-refractivity contribution in [1.29, 1.82) is 0 Å². The maximum Gasteiger partial charge on any atom is 0.376 e. The summed E-state index contributed by atoms with van der Waals surface area (Å²) in [5.74, 6) is 0.437. The highest BCUT2D eigenvalue weighted by molar-refractivity contribution is 5.85. The summed E-state index contributed by atoms with van der Waals surface area (Å²) in [6, 6.07) is 3.02. The Morgan fingerprint density at radius 3 is 2.74 bits per heavy atom. The highest BCUT2D eigenvalue weighted by Crippen LogP contribution is 2.37. The van der Waals surface area contributed by atoms with E-state index in [4.69, 9.17) is 5.73 Å². The highest BCUT2D eigenvalue weighted by atomic mass is 16.5. The van der Waals surface area contributed by atoms with E-state index < -0.39 is 5.97 Å². The number of hydrogen-bond acceptors (Lipinski definition) is 6. The third-order valence-electron chi connectivity index (χ3n) is 4.04. The monoisotopic (exact) mass is 262 g/mol. The second-order valence-electron chi connectivity index (χ2n) is 5.25. The summed E-state index contributed by atoms with van der Waals surface area (Å²) >= 11 is 0. The van der Waals surface area contributed by atoms with Crippen molar-refractivity contribution in [3.05, 3.63) is 18.1 Å². The van der Waals surface area contributed by atoms with Crippen LogP contribution in [0.2, 0.25) is 0 Å². The molecule has 2 aliphatic heterocycles. The number of carbonyl (C=O) groups excluding carboxylic acids is 1. The molecule has 0 spiro atoms. The number of methoxy groups -OCH3 is 1. The van der Waals surface area contributed by atoms with Gasteiger partial charge in [-0.3, -0.25) is 0 Å². The van der Waals surface area contributed by atoms with Crippen LogP contribution in [0.25, 0.3) is 0 Å². The Kier molecular flexibility index (Phi) is 3.10. The van der Waals surface area contributed by atoms with Gasteiger partial charge < -0.3 is 15.4 Å². The van der Waals surface area contributed by atoms with Crippen molar-refractivity contribution in [2.45, 2.75) is 43.8 Å². The molecule has 2 saturated heterocycles. The van der Waals surface area contributed by atoms with Gasteiger partial charge in [0, 0.05) is 24.3 Å². The molecule has 2 atom stereocenters. The van der Waals surface area contributed by atoms with Crippen LogP contribution in [0.1, 0.15) is 36.3 Å². The zero-order valence-electron chi connectivity index (χ0n) is 11.0. The van der Waals surface area contributed by atoms with Gasteiger partial charge in [0.1, 0.15) is 5.82 Å². The van der Waals surface area contributed by atoms with Crippen LogP contribution < -0.4 is 10.6 Å². The average Bonchev–Trinajstić information content (AvgIpc) is 2.70. The smallest absolute Gasteiger partial charge is 0.376 e. The predicted octanol–water partition coefficient (Wildman–Crippen LogP) is 0.722. The molecule has 2 aliphatic rings. The first-order valence-corrected chi connectivity index (χ1v) is 6.64. The first-order chi connectivity index (χ1) is 9.19. The third kappa shape index (κ3) is 2.16. The number of esters is 1. The predicted molar refractivity (Wildman–Crippen MR) is 69.9 cm³/mol. The van der Waals surface area contributed by atoms with Gasteiger partial charge in [-0.1, -0.05) is 0 Å². The lowest BCUT2D eigenvalue weighted by molar-refractivity contribution is 0.0586. The highest BCUT2D eigenvalue weighted by Gasteiger charge is 2.40. The summed E-state index contributed by atoms with van der Waals surface area (Å²) in [6.45, 7) is 0. The van der Waals surface area contributed by atoms with Gasteiger partial charge in [0.2, 0.25) is 5.82 Å². The Balaban J connectivity index is 1.89. The molecule has 0 aliphatic carbocycles. The molecule has 3 heterocycles. The zero-order valence-corrected chi connectivity index (χ0v) is 11.0. The van der Waals surface area contributed by atoms with E-state index in [1.54, 1.807) is 6.20 Å². The number of nitrogens with two attached hydrogens (primary N) is 1. The van der Waals surface area contributed by atoms with Gasteiger partial charge in [-0.05, 0) is 31.7 Å². The van der Waals surface area contributed by atoms with Crippen LogP contribution in [0, 0.1) is 0 Å². The molecular weight excluding hydrogens is 244 g/mol. The molecule has 102 valence electrons. The van der Waals surface area contributed by atoms with E-state index in [0.29, 0.717) is 12.1 Å². The Morgan fingerprint density at radius 1 is 1.42 bits per heavy atom. The lowest BCUT2D eigenvalue weighted by atomic mass is 9.98. The summed E-state index contributed by atoms with van der Waals surface area (Å²) in [6.07, 6.45) is 5.90. The van der Waals surface area contributed by atoms with Crippen molar-refractivity contribution in [2.75, 3.05) is 12.0 Å². The van der Waals surface area contributed by atoms with Gasteiger partial charge in [-0.2, -0.15) is 0 Å². The van der Waals surface area contributed by atoms with Crippen molar-refractivity contribution in [2.24, 2.45) is 5.73 Å². The van der Waals surface area contributed by atoms with Gasteiger partial charge in [-0.15, -0.1) is 0 Å². The first kappa shape index (κ1) is 12.3.